The Balaban J connectivity index is 1.74. The number of rotatable bonds is 4. The van der Waals surface area contributed by atoms with Crippen molar-refractivity contribution >= 4 is 11.8 Å². The largest absolute Gasteiger partial charge is 0.338 e. The summed E-state index contributed by atoms with van der Waals surface area (Å²) in [4.78, 5) is 20.6. The van der Waals surface area contributed by atoms with Gasteiger partial charge in [-0.25, -0.2) is 9.97 Å². The molecule has 1 fully saturated rings. The van der Waals surface area contributed by atoms with Gasteiger partial charge in [0.1, 0.15) is 5.82 Å². The maximum absolute atomic E-state index is 12.1. The third kappa shape index (κ3) is 2.41. The smallest absolute Gasteiger partial charge is 0.261 e. The number of carbonyl (C=O) groups excluding carboxylic acids is 1. The van der Waals surface area contributed by atoms with Crippen LogP contribution in [0, 0.1) is 6.92 Å². The number of hydrogen-bond acceptors (Lipinski definition) is 5. The molecule has 1 amide bonds. The summed E-state index contributed by atoms with van der Waals surface area (Å²) in [7, 11) is 0. The first-order chi connectivity index (χ1) is 9.69. The molecule has 20 heavy (non-hydrogen) atoms. The standard InChI is InChI=1S/C14H16N4O2/c1-3-11-8(2)18-20-14(11)17-13(19)10-6-15-12(16-7-10)9-4-5-9/h6-7,9H,3-5H2,1-2H3,(H,17,19). The molecule has 0 saturated heterocycles. The lowest BCUT2D eigenvalue weighted by Crippen LogP contribution is -2.13. The van der Waals surface area contributed by atoms with Gasteiger partial charge in [0.25, 0.3) is 5.91 Å². The molecule has 6 nitrogen and oxygen atoms in total. The number of nitrogens with one attached hydrogen (secondary N) is 1. The van der Waals surface area contributed by atoms with Crippen molar-refractivity contribution in [1.82, 2.24) is 15.1 Å². The lowest BCUT2D eigenvalue weighted by molar-refractivity contribution is 0.102. The monoisotopic (exact) mass is 272 g/mol. The molecule has 1 aliphatic carbocycles. The Morgan fingerprint density at radius 1 is 1.40 bits per heavy atom. The third-order valence-electron chi connectivity index (χ3n) is 3.44. The number of hydrogen-bond donors (Lipinski definition) is 1. The first kappa shape index (κ1) is 12.8. The fraction of sp³-hybridized carbons (Fsp3) is 0.429. The van der Waals surface area contributed by atoms with Crippen LogP contribution in [-0.2, 0) is 6.42 Å². The number of carbonyl (C=O) groups is 1. The summed E-state index contributed by atoms with van der Waals surface area (Å²) < 4.78 is 5.13. The average Bonchev–Trinajstić information content (AvgIpc) is 3.25. The summed E-state index contributed by atoms with van der Waals surface area (Å²) in [6.07, 6.45) is 6.16. The summed E-state index contributed by atoms with van der Waals surface area (Å²) >= 11 is 0. The van der Waals surface area contributed by atoms with Crippen LogP contribution in [0.25, 0.3) is 0 Å². The molecule has 0 unspecified atom stereocenters. The molecule has 0 aromatic carbocycles. The lowest BCUT2D eigenvalue weighted by atomic mass is 10.2. The van der Waals surface area contributed by atoms with Gasteiger partial charge >= 0.3 is 0 Å². The Labute approximate surface area is 116 Å². The van der Waals surface area contributed by atoms with E-state index >= 15 is 0 Å². The molecule has 104 valence electrons. The Hall–Kier alpha value is -2.24. The Morgan fingerprint density at radius 3 is 2.70 bits per heavy atom. The predicted molar refractivity (Wildman–Crippen MR) is 72.6 cm³/mol. The fourth-order valence-electron chi connectivity index (χ4n) is 2.09. The second kappa shape index (κ2) is 5.03. The van der Waals surface area contributed by atoms with Crippen molar-refractivity contribution in [2.24, 2.45) is 0 Å². The molecule has 6 heteroatoms. The van der Waals surface area contributed by atoms with E-state index in [1.165, 1.54) is 0 Å². The van der Waals surface area contributed by atoms with E-state index in [-0.39, 0.29) is 5.91 Å². The van der Waals surface area contributed by atoms with E-state index in [1.807, 2.05) is 13.8 Å². The summed E-state index contributed by atoms with van der Waals surface area (Å²) in [5.41, 5.74) is 2.13. The third-order valence-corrected chi connectivity index (χ3v) is 3.44. The van der Waals surface area contributed by atoms with Crippen LogP contribution in [0.4, 0.5) is 5.88 Å². The highest BCUT2D eigenvalue weighted by molar-refractivity contribution is 6.03. The first-order valence-corrected chi connectivity index (χ1v) is 6.77. The molecular weight excluding hydrogens is 256 g/mol. The zero-order valence-corrected chi connectivity index (χ0v) is 11.5. The van der Waals surface area contributed by atoms with E-state index < -0.39 is 0 Å². The van der Waals surface area contributed by atoms with E-state index in [4.69, 9.17) is 4.52 Å². The van der Waals surface area contributed by atoms with E-state index in [1.54, 1.807) is 12.4 Å². The van der Waals surface area contributed by atoms with Crippen LogP contribution >= 0.6 is 0 Å². The highest BCUT2D eigenvalue weighted by Gasteiger charge is 2.26. The van der Waals surface area contributed by atoms with Gasteiger partial charge in [-0.1, -0.05) is 12.1 Å². The molecule has 2 aromatic heterocycles. The van der Waals surface area contributed by atoms with Crippen LogP contribution in [0.15, 0.2) is 16.9 Å². The fourth-order valence-corrected chi connectivity index (χ4v) is 2.09. The minimum absolute atomic E-state index is 0.279. The maximum Gasteiger partial charge on any atom is 0.261 e. The van der Waals surface area contributed by atoms with Crippen LogP contribution in [0.5, 0.6) is 0 Å². The van der Waals surface area contributed by atoms with Gasteiger partial charge in [0.2, 0.25) is 5.88 Å². The number of aryl methyl sites for hydroxylation is 1. The minimum atomic E-state index is -0.279. The molecule has 1 saturated carbocycles. The molecule has 0 aliphatic heterocycles. The minimum Gasteiger partial charge on any atom is -0.338 e. The normalized spacial score (nSPS) is 14.3. The second-order valence-corrected chi connectivity index (χ2v) is 4.99. The van der Waals surface area contributed by atoms with Gasteiger partial charge in [0.15, 0.2) is 0 Å². The van der Waals surface area contributed by atoms with Crippen molar-refractivity contribution in [1.29, 1.82) is 0 Å². The van der Waals surface area contributed by atoms with E-state index in [0.717, 1.165) is 36.3 Å². The van der Waals surface area contributed by atoms with Crippen molar-refractivity contribution in [2.75, 3.05) is 5.32 Å². The molecule has 2 aromatic rings. The van der Waals surface area contributed by atoms with Crippen molar-refractivity contribution in [2.45, 2.75) is 39.0 Å². The van der Waals surface area contributed by atoms with Gasteiger partial charge in [0.05, 0.1) is 11.3 Å². The molecule has 0 spiro atoms. The predicted octanol–water partition coefficient (Wildman–Crippen LogP) is 2.47. The zero-order chi connectivity index (χ0) is 14.1. The van der Waals surface area contributed by atoms with E-state index in [9.17, 15) is 4.79 Å². The molecule has 0 bridgehead atoms. The molecule has 1 aliphatic rings. The number of nitrogens with zero attached hydrogens (tertiary/aromatic N) is 3. The maximum atomic E-state index is 12.1. The second-order valence-electron chi connectivity index (χ2n) is 4.99. The van der Waals surface area contributed by atoms with E-state index in [0.29, 0.717) is 17.4 Å². The lowest BCUT2D eigenvalue weighted by Gasteiger charge is -2.03. The molecule has 1 N–H and O–H groups in total. The van der Waals surface area contributed by atoms with Gasteiger partial charge in [0, 0.05) is 23.9 Å². The summed E-state index contributed by atoms with van der Waals surface area (Å²) in [6.45, 7) is 3.84. The van der Waals surface area contributed by atoms with Gasteiger partial charge in [-0.05, 0) is 26.2 Å². The van der Waals surface area contributed by atoms with Crippen molar-refractivity contribution < 1.29 is 9.32 Å². The highest BCUT2D eigenvalue weighted by Crippen LogP contribution is 2.37. The van der Waals surface area contributed by atoms with Crippen LogP contribution in [0.2, 0.25) is 0 Å². The Morgan fingerprint density at radius 2 is 2.10 bits per heavy atom. The zero-order valence-electron chi connectivity index (χ0n) is 11.5. The van der Waals surface area contributed by atoms with Crippen LogP contribution < -0.4 is 5.32 Å². The topological polar surface area (TPSA) is 80.9 Å². The molecular formula is C14H16N4O2. The van der Waals surface area contributed by atoms with Crippen molar-refractivity contribution in [3.05, 3.63) is 35.0 Å². The van der Waals surface area contributed by atoms with Crippen LogP contribution in [0.3, 0.4) is 0 Å². The van der Waals surface area contributed by atoms with Gasteiger partial charge < -0.3 is 4.52 Å². The van der Waals surface area contributed by atoms with Crippen LogP contribution in [0.1, 0.15) is 53.1 Å². The van der Waals surface area contributed by atoms with Crippen LogP contribution in [-0.4, -0.2) is 21.0 Å². The number of amides is 1. The SMILES string of the molecule is CCc1c(C)noc1NC(=O)c1cnc(C2CC2)nc1. The van der Waals surface area contributed by atoms with Crippen molar-refractivity contribution in [3.8, 4) is 0 Å². The summed E-state index contributed by atoms with van der Waals surface area (Å²) in [5, 5.41) is 6.57. The molecule has 0 radical (unpaired) electrons. The quantitative estimate of drug-likeness (QED) is 0.924. The number of aromatic nitrogens is 3. The Bertz CT molecular complexity index is 629. The van der Waals surface area contributed by atoms with Gasteiger partial charge in [-0.2, -0.15) is 0 Å². The summed E-state index contributed by atoms with van der Waals surface area (Å²) in [5.74, 6) is 1.43. The number of anilines is 1. The average molecular weight is 272 g/mol. The molecule has 3 rings (SSSR count). The molecule has 0 atom stereocenters. The molecule has 2 heterocycles. The van der Waals surface area contributed by atoms with Crippen molar-refractivity contribution in [3.63, 3.8) is 0 Å². The van der Waals surface area contributed by atoms with Gasteiger partial charge in [-0.3, -0.25) is 10.1 Å². The van der Waals surface area contributed by atoms with Gasteiger partial charge in [-0.15, -0.1) is 0 Å². The highest BCUT2D eigenvalue weighted by atomic mass is 16.5. The Kier molecular flexibility index (Phi) is 3.22. The first-order valence-electron chi connectivity index (χ1n) is 6.77. The summed E-state index contributed by atoms with van der Waals surface area (Å²) in [6, 6.07) is 0. The van der Waals surface area contributed by atoms with E-state index in [2.05, 4.69) is 20.4 Å².